The highest BCUT2D eigenvalue weighted by Crippen LogP contribution is 2.33. The lowest BCUT2D eigenvalue weighted by atomic mass is 10.1. The fraction of sp³-hybridized carbons (Fsp3) is 0.200. The summed E-state index contributed by atoms with van der Waals surface area (Å²) in [5.41, 5.74) is 1.77. The topological polar surface area (TPSA) is 109 Å². The minimum atomic E-state index is -4.11. The van der Waals surface area contributed by atoms with Gasteiger partial charge in [-0.25, -0.2) is 26.8 Å². The predicted molar refractivity (Wildman–Crippen MR) is 147 cm³/mol. The number of nitrogens with one attached hydrogen (secondary N) is 1. The van der Waals surface area contributed by atoms with E-state index in [0.29, 0.717) is 35.1 Å². The molecule has 1 aromatic heterocycles. The fourth-order valence-corrected chi connectivity index (χ4v) is 7.61. The third kappa shape index (κ3) is 5.38. The minimum Gasteiger partial charge on any atom is -0.280 e. The van der Waals surface area contributed by atoms with Gasteiger partial charge in [0.25, 0.3) is 10.0 Å². The molecule has 0 aliphatic carbocycles. The Morgan fingerprint density at radius 3 is 2.54 bits per heavy atom. The Kier molecular flexibility index (Phi) is 7.01. The Bertz CT molecular complexity index is 1710. The van der Waals surface area contributed by atoms with E-state index < -0.39 is 20.0 Å². The van der Waals surface area contributed by atoms with Crippen LogP contribution in [0.2, 0.25) is 10.0 Å². The van der Waals surface area contributed by atoms with Crippen LogP contribution in [0.15, 0.2) is 71.8 Å². The summed E-state index contributed by atoms with van der Waals surface area (Å²) in [6.45, 7) is 0.327. The van der Waals surface area contributed by atoms with Crippen molar-refractivity contribution in [3.63, 3.8) is 0 Å². The van der Waals surface area contributed by atoms with Crippen LogP contribution >= 0.6 is 23.2 Å². The largest absolute Gasteiger partial charge is 0.280 e. The summed E-state index contributed by atoms with van der Waals surface area (Å²) in [6.07, 6.45) is 3.80. The zero-order chi connectivity index (χ0) is 26.2. The Morgan fingerprint density at radius 1 is 0.919 bits per heavy atom. The molecule has 37 heavy (non-hydrogen) atoms. The first-order chi connectivity index (χ1) is 17.6. The fourth-order valence-electron chi connectivity index (χ4n) is 4.19. The van der Waals surface area contributed by atoms with Gasteiger partial charge in [-0.15, -0.1) is 0 Å². The summed E-state index contributed by atoms with van der Waals surface area (Å²) < 4.78 is 55.5. The number of aromatic nitrogens is 2. The maximum atomic E-state index is 13.2. The molecule has 4 aromatic rings. The van der Waals surface area contributed by atoms with E-state index in [4.69, 9.17) is 23.2 Å². The highest BCUT2D eigenvalue weighted by Gasteiger charge is 2.27. The average Bonchev–Trinajstić information content (AvgIpc) is 3.04. The molecule has 1 N–H and O–H groups in total. The van der Waals surface area contributed by atoms with E-state index in [2.05, 4.69) is 14.7 Å². The molecular formula is C25H22Cl2N4O4S2. The van der Waals surface area contributed by atoms with Crippen molar-refractivity contribution in [1.82, 2.24) is 9.97 Å². The van der Waals surface area contributed by atoms with Crippen LogP contribution in [0.3, 0.4) is 0 Å². The molecule has 192 valence electrons. The van der Waals surface area contributed by atoms with Crippen LogP contribution in [-0.2, 0) is 20.0 Å². The maximum absolute atomic E-state index is 13.2. The zero-order valence-electron chi connectivity index (χ0n) is 19.4. The van der Waals surface area contributed by atoms with Crippen LogP contribution in [0.5, 0.6) is 0 Å². The van der Waals surface area contributed by atoms with Gasteiger partial charge in [0, 0.05) is 29.4 Å². The lowest BCUT2D eigenvalue weighted by Gasteiger charge is -2.23. The number of fused-ring (bicyclic) bond motifs is 1. The van der Waals surface area contributed by atoms with E-state index in [1.165, 1.54) is 28.6 Å². The molecule has 8 nitrogen and oxygen atoms in total. The number of halogens is 2. The molecule has 0 radical (unpaired) electrons. The Labute approximate surface area is 225 Å². The van der Waals surface area contributed by atoms with Crippen molar-refractivity contribution >= 4 is 65.5 Å². The van der Waals surface area contributed by atoms with E-state index in [0.717, 1.165) is 23.7 Å². The molecule has 2 heterocycles. The Morgan fingerprint density at radius 2 is 1.73 bits per heavy atom. The van der Waals surface area contributed by atoms with E-state index in [9.17, 15) is 16.8 Å². The molecule has 1 aliphatic rings. The molecule has 0 unspecified atom stereocenters. The summed E-state index contributed by atoms with van der Waals surface area (Å²) in [7, 11) is -7.60. The number of anilines is 2. The Balaban J connectivity index is 1.44. The molecule has 1 aliphatic heterocycles. The highest BCUT2D eigenvalue weighted by molar-refractivity contribution is 7.93. The SMILES string of the molecule is O=S(=O)(Nc1ccc(Cl)c(-c2ncc3ccccc3n2)c1)c1ccc(N2CCCCCS2(=O)=O)cc1Cl. The highest BCUT2D eigenvalue weighted by atomic mass is 35.5. The third-order valence-electron chi connectivity index (χ3n) is 6.04. The second-order valence-electron chi connectivity index (χ2n) is 8.62. The van der Waals surface area contributed by atoms with Gasteiger partial charge in [-0.2, -0.15) is 0 Å². The normalized spacial score (nSPS) is 15.9. The van der Waals surface area contributed by atoms with Crippen molar-refractivity contribution < 1.29 is 16.8 Å². The second kappa shape index (κ2) is 10.1. The molecule has 5 rings (SSSR count). The lowest BCUT2D eigenvalue weighted by molar-refractivity contribution is 0.592. The molecule has 1 saturated heterocycles. The molecule has 0 amide bonds. The predicted octanol–water partition coefficient (Wildman–Crippen LogP) is 5.72. The van der Waals surface area contributed by atoms with Gasteiger partial charge in [0.05, 0.1) is 27.0 Å². The summed E-state index contributed by atoms with van der Waals surface area (Å²) >= 11 is 12.7. The van der Waals surface area contributed by atoms with Gasteiger partial charge in [0.15, 0.2) is 5.82 Å². The number of sulfonamides is 2. The van der Waals surface area contributed by atoms with Gasteiger partial charge < -0.3 is 0 Å². The first-order valence-corrected chi connectivity index (χ1v) is 15.3. The van der Waals surface area contributed by atoms with E-state index >= 15 is 0 Å². The average molecular weight is 578 g/mol. The molecule has 1 fully saturated rings. The van der Waals surface area contributed by atoms with Crippen LogP contribution in [0.4, 0.5) is 11.4 Å². The third-order valence-corrected chi connectivity index (χ3v) is 10.1. The lowest BCUT2D eigenvalue weighted by Crippen LogP contribution is -2.32. The maximum Gasteiger partial charge on any atom is 0.263 e. The van der Waals surface area contributed by atoms with Crippen LogP contribution in [0.1, 0.15) is 19.3 Å². The minimum absolute atomic E-state index is 0.0477. The van der Waals surface area contributed by atoms with Gasteiger partial charge >= 0.3 is 0 Å². The van der Waals surface area contributed by atoms with Crippen molar-refractivity contribution in [2.45, 2.75) is 24.2 Å². The summed E-state index contributed by atoms with van der Waals surface area (Å²) in [6, 6.07) is 16.3. The number of benzene rings is 3. The first-order valence-electron chi connectivity index (χ1n) is 11.5. The molecular weight excluding hydrogens is 555 g/mol. The Hall–Kier alpha value is -2.92. The van der Waals surface area contributed by atoms with Crippen molar-refractivity contribution in [2.75, 3.05) is 21.3 Å². The monoisotopic (exact) mass is 576 g/mol. The van der Waals surface area contributed by atoms with Crippen LogP contribution in [-0.4, -0.2) is 39.1 Å². The van der Waals surface area contributed by atoms with Crippen LogP contribution in [0.25, 0.3) is 22.3 Å². The van der Waals surface area contributed by atoms with E-state index in [1.807, 2.05) is 24.3 Å². The van der Waals surface area contributed by atoms with Gasteiger partial charge in [0.2, 0.25) is 10.0 Å². The molecule has 0 atom stereocenters. The molecule has 3 aromatic carbocycles. The standard InChI is InChI=1S/C25H22Cl2N4O4S2/c26-21-10-8-18(14-20(21)25-28-16-17-6-2-3-7-23(17)29-25)30-37(34,35)24-11-9-19(15-22(24)27)31-12-4-1-5-13-36(31,32)33/h2-3,6-11,14-16,30H,1,4-5,12-13H2. The molecule has 0 bridgehead atoms. The van der Waals surface area contributed by atoms with Crippen molar-refractivity contribution in [3.8, 4) is 11.4 Å². The van der Waals surface area contributed by atoms with Crippen LogP contribution < -0.4 is 9.03 Å². The van der Waals surface area contributed by atoms with Gasteiger partial charge in [-0.3, -0.25) is 9.03 Å². The molecule has 0 spiro atoms. The number of nitrogens with zero attached hydrogens (tertiary/aromatic N) is 3. The zero-order valence-corrected chi connectivity index (χ0v) is 22.6. The number of para-hydroxylation sites is 1. The summed E-state index contributed by atoms with van der Waals surface area (Å²) in [4.78, 5) is 8.74. The number of hydrogen-bond acceptors (Lipinski definition) is 6. The smallest absolute Gasteiger partial charge is 0.263 e. The summed E-state index contributed by atoms with van der Waals surface area (Å²) in [5.74, 6) is 0.400. The van der Waals surface area contributed by atoms with Gasteiger partial charge in [0.1, 0.15) is 4.90 Å². The van der Waals surface area contributed by atoms with Gasteiger partial charge in [-0.1, -0.05) is 47.8 Å². The van der Waals surface area contributed by atoms with E-state index in [1.54, 1.807) is 18.3 Å². The number of hydrogen-bond donors (Lipinski definition) is 1. The van der Waals surface area contributed by atoms with Crippen molar-refractivity contribution in [2.24, 2.45) is 0 Å². The molecule has 0 saturated carbocycles. The quantitative estimate of drug-likeness (QED) is 0.325. The second-order valence-corrected chi connectivity index (χ2v) is 13.1. The molecule has 12 heteroatoms. The summed E-state index contributed by atoms with van der Waals surface area (Å²) in [5, 5.41) is 1.14. The van der Waals surface area contributed by atoms with E-state index in [-0.39, 0.29) is 21.4 Å². The number of rotatable bonds is 5. The van der Waals surface area contributed by atoms with Crippen molar-refractivity contribution in [3.05, 3.63) is 76.9 Å². The van der Waals surface area contributed by atoms with Crippen molar-refractivity contribution in [1.29, 1.82) is 0 Å². The van der Waals surface area contributed by atoms with Gasteiger partial charge in [-0.05, 0) is 55.3 Å². The van der Waals surface area contributed by atoms with Crippen LogP contribution in [0, 0.1) is 0 Å². The first kappa shape index (κ1) is 25.7.